The van der Waals surface area contributed by atoms with Crippen molar-refractivity contribution in [3.8, 4) is 0 Å². The highest BCUT2D eigenvalue weighted by Gasteiger charge is 2.34. The third-order valence-electron chi connectivity index (χ3n) is 5.58. The Labute approximate surface area is 147 Å². The topological polar surface area (TPSA) is 12.4 Å². The van der Waals surface area contributed by atoms with E-state index in [4.69, 9.17) is 0 Å². The summed E-state index contributed by atoms with van der Waals surface area (Å²) in [5, 5.41) is 0. The molecule has 0 radical (unpaired) electrons. The lowest BCUT2D eigenvalue weighted by Gasteiger charge is -2.36. The summed E-state index contributed by atoms with van der Waals surface area (Å²) < 4.78 is 0. The summed E-state index contributed by atoms with van der Waals surface area (Å²) in [5.74, 6) is 0.885. The van der Waals surface area contributed by atoms with Crippen LogP contribution in [0.3, 0.4) is 0 Å². The van der Waals surface area contributed by atoms with Crippen molar-refractivity contribution >= 4 is 14.3 Å². The maximum Gasteiger partial charge on any atom is 0.0575 e. The highest BCUT2D eigenvalue weighted by Crippen LogP contribution is 2.38. The molecule has 0 spiro atoms. The summed E-state index contributed by atoms with van der Waals surface area (Å²) in [6.07, 6.45) is 18.2. The largest absolute Gasteiger partial charge is 0.298 e. The van der Waals surface area contributed by atoms with Crippen LogP contribution in [-0.2, 0) is 0 Å². The van der Waals surface area contributed by atoms with Crippen LogP contribution in [0.25, 0.3) is 0 Å². The summed E-state index contributed by atoms with van der Waals surface area (Å²) in [5.41, 5.74) is 0. The number of nitrogens with zero attached hydrogens (tertiary/aromatic N) is 1. The fourth-order valence-electron chi connectivity index (χ4n) is 4.29. The van der Waals surface area contributed by atoms with Crippen LogP contribution >= 0.6 is 0 Å². The van der Waals surface area contributed by atoms with Crippen LogP contribution < -0.4 is 0 Å². The second kappa shape index (κ2) is 13.0. The van der Waals surface area contributed by atoms with Crippen LogP contribution in [0.15, 0.2) is 17.6 Å². The number of hydrogen-bond donors (Lipinski definition) is 0. The zero-order valence-corrected chi connectivity index (χ0v) is 17.0. The van der Waals surface area contributed by atoms with Gasteiger partial charge in [0, 0.05) is 6.54 Å². The van der Waals surface area contributed by atoms with Gasteiger partial charge in [-0.1, -0.05) is 83.0 Å². The summed E-state index contributed by atoms with van der Waals surface area (Å²) in [7, 11) is -1.00. The van der Waals surface area contributed by atoms with E-state index in [1.165, 1.54) is 76.3 Å². The molecule has 0 bridgehead atoms. The molecular formula is C21H41NSi. The lowest BCUT2D eigenvalue weighted by Crippen LogP contribution is -2.37. The van der Waals surface area contributed by atoms with Crippen molar-refractivity contribution in [1.29, 1.82) is 0 Å². The van der Waals surface area contributed by atoms with Gasteiger partial charge in [0.25, 0.3) is 0 Å². The normalized spacial score (nSPS) is 19.0. The van der Waals surface area contributed by atoms with Gasteiger partial charge in [0.15, 0.2) is 0 Å². The van der Waals surface area contributed by atoms with E-state index in [9.17, 15) is 0 Å². The predicted molar refractivity (Wildman–Crippen MR) is 110 cm³/mol. The molecule has 0 aromatic heterocycles. The molecule has 0 aromatic carbocycles. The molecule has 1 aliphatic heterocycles. The van der Waals surface area contributed by atoms with Crippen LogP contribution in [0.4, 0.5) is 0 Å². The monoisotopic (exact) mass is 335 g/mol. The molecule has 1 rings (SSSR count). The molecule has 0 aliphatic carbocycles. The Morgan fingerprint density at radius 2 is 1.83 bits per heavy atom. The van der Waals surface area contributed by atoms with Gasteiger partial charge in [-0.2, -0.15) is 0 Å². The first-order chi connectivity index (χ1) is 11.2. The van der Waals surface area contributed by atoms with Crippen LogP contribution in [0.1, 0.15) is 78.1 Å². The second-order valence-corrected chi connectivity index (χ2v) is 12.8. The van der Waals surface area contributed by atoms with Gasteiger partial charge in [-0.3, -0.25) is 4.99 Å². The first kappa shape index (κ1) is 20.7. The minimum atomic E-state index is -1.00. The summed E-state index contributed by atoms with van der Waals surface area (Å²) in [6, 6.07) is 6.03. The molecule has 0 saturated carbocycles. The van der Waals surface area contributed by atoms with Gasteiger partial charge >= 0.3 is 0 Å². The number of hydrogen-bond acceptors (Lipinski definition) is 1. The molecule has 1 fully saturated rings. The second-order valence-electron chi connectivity index (χ2n) is 7.94. The third-order valence-corrected chi connectivity index (χ3v) is 11.1. The molecule has 2 heteroatoms. The predicted octanol–water partition coefficient (Wildman–Crippen LogP) is 7.26. The number of rotatable bonds is 13. The Bertz CT molecular complexity index is 318. The van der Waals surface area contributed by atoms with E-state index in [0.717, 1.165) is 12.5 Å². The van der Waals surface area contributed by atoms with Crippen molar-refractivity contribution < 1.29 is 0 Å². The SMILES string of the molecule is C=CC[Si]1(CC(C)CCC=NCCCCCCC)CCCCC1. The first-order valence-electron chi connectivity index (χ1n) is 10.3. The molecule has 1 nitrogen and oxygen atoms in total. The molecule has 1 heterocycles. The lowest BCUT2D eigenvalue weighted by atomic mass is 10.1. The van der Waals surface area contributed by atoms with E-state index in [1.807, 2.05) is 0 Å². The Hall–Kier alpha value is -0.373. The average molecular weight is 336 g/mol. The first-order valence-corrected chi connectivity index (χ1v) is 13.1. The fourth-order valence-corrected chi connectivity index (χ4v) is 9.82. The highest BCUT2D eigenvalue weighted by atomic mass is 28.3. The number of allylic oxidation sites excluding steroid dienone is 1. The van der Waals surface area contributed by atoms with Gasteiger partial charge in [0.1, 0.15) is 0 Å². The van der Waals surface area contributed by atoms with E-state index >= 15 is 0 Å². The van der Waals surface area contributed by atoms with Crippen molar-refractivity contribution in [2.75, 3.05) is 6.54 Å². The van der Waals surface area contributed by atoms with E-state index in [1.54, 1.807) is 12.1 Å². The van der Waals surface area contributed by atoms with Gasteiger partial charge in [-0.25, -0.2) is 0 Å². The fraction of sp³-hybridized carbons (Fsp3) is 0.857. The average Bonchev–Trinajstić information content (AvgIpc) is 2.54. The molecule has 134 valence electrons. The minimum absolute atomic E-state index is 0.885. The van der Waals surface area contributed by atoms with Crippen molar-refractivity contribution in [2.24, 2.45) is 10.9 Å². The molecule has 1 atom stereocenters. The van der Waals surface area contributed by atoms with Crippen molar-refractivity contribution in [2.45, 2.75) is 102 Å². The van der Waals surface area contributed by atoms with E-state index < -0.39 is 8.07 Å². The maximum atomic E-state index is 4.61. The van der Waals surface area contributed by atoms with Gasteiger partial charge < -0.3 is 0 Å². The lowest BCUT2D eigenvalue weighted by molar-refractivity contribution is 0.580. The zero-order valence-electron chi connectivity index (χ0n) is 16.0. The molecule has 1 aliphatic rings. The minimum Gasteiger partial charge on any atom is -0.298 e. The summed E-state index contributed by atoms with van der Waals surface area (Å²) >= 11 is 0. The molecular weight excluding hydrogens is 294 g/mol. The molecule has 1 saturated heterocycles. The quantitative estimate of drug-likeness (QED) is 0.145. The summed E-state index contributed by atoms with van der Waals surface area (Å²) in [4.78, 5) is 4.61. The zero-order chi connectivity index (χ0) is 16.8. The van der Waals surface area contributed by atoms with Crippen molar-refractivity contribution in [3.63, 3.8) is 0 Å². The third kappa shape index (κ3) is 9.49. The molecule has 1 unspecified atom stereocenters. The molecule has 23 heavy (non-hydrogen) atoms. The standard InChI is InChI=1S/C21H41NSi/c1-4-6-7-8-10-15-22-16-13-14-21(3)20-23(17-5-2)18-11-9-12-19-23/h5,16,21H,2,4,6-15,17-20H2,1,3H3. The Morgan fingerprint density at radius 3 is 2.52 bits per heavy atom. The van der Waals surface area contributed by atoms with Gasteiger partial charge in [0.05, 0.1) is 8.07 Å². The van der Waals surface area contributed by atoms with Crippen LogP contribution in [0, 0.1) is 5.92 Å². The maximum absolute atomic E-state index is 4.61. The molecule has 0 N–H and O–H groups in total. The van der Waals surface area contributed by atoms with Gasteiger partial charge in [-0.05, 0) is 37.4 Å². The van der Waals surface area contributed by atoms with Gasteiger partial charge in [-0.15, -0.1) is 6.58 Å². The van der Waals surface area contributed by atoms with Crippen LogP contribution in [0.2, 0.25) is 24.2 Å². The highest BCUT2D eigenvalue weighted by molar-refractivity contribution is 6.80. The van der Waals surface area contributed by atoms with Crippen LogP contribution in [0.5, 0.6) is 0 Å². The molecule has 0 amide bonds. The van der Waals surface area contributed by atoms with E-state index in [-0.39, 0.29) is 0 Å². The van der Waals surface area contributed by atoms with Gasteiger partial charge in [0.2, 0.25) is 0 Å². The van der Waals surface area contributed by atoms with E-state index in [0.29, 0.717) is 0 Å². The Balaban J connectivity index is 2.14. The van der Waals surface area contributed by atoms with Crippen molar-refractivity contribution in [1.82, 2.24) is 0 Å². The number of aliphatic imine (C=N–C) groups is 1. The smallest absolute Gasteiger partial charge is 0.0575 e. The molecule has 0 aromatic rings. The number of unbranched alkanes of at least 4 members (excludes halogenated alkanes) is 4. The Morgan fingerprint density at radius 1 is 1.09 bits per heavy atom. The van der Waals surface area contributed by atoms with E-state index in [2.05, 4.69) is 37.7 Å². The van der Waals surface area contributed by atoms with Crippen LogP contribution in [-0.4, -0.2) is 20.8 Å². The Kier molecular flexibility index (Phi) is 11.7. The van der Waals surface area contributed by atoms with Crippen molar-refractivity contribution in [3.05, 3.63) is 12.7 Å². The summed E-state index contributed by atoms with van der Waals surface area (Å²) in [6.45, 7) is 9.84.